The molecule has 0 fully saturated rings. The van der Waals surface area contributed by atoms with E-state index in [0.717, 1.165) is 0 Å². The van der Waals surface area contributed by atoms with E-state index in [1.807, 2.05) is 19.0 Å². The summed E-state index contributed by atoms with van der Waals surface area (Å²) in [5, 5.41) is 10.7. The molecule has 16 heavy (non-hydrogen) atoms. The van der Waals surface area contributed by atoms with Crippen molar-refractivity contribution >= 4 is 21.6 Å². The van der Waals surface area contributed by atoms with Crippen LogP contribution in [0.25, 0.3) is 0 Å². The van der Waals surface area contributed by atoms with Gasteiger partial charge in [-0.25, -0.2) is 4.98 Å². The molecule has 0 unspecified atom stereocenters. The summed E-state index contributed by atoms with van der Waals surface area (Å²) in [6.45, 7) is 1.04. The summed E-state index contributed by atoms with van der Waals surface area (Å²) in [4.78, 5) is 16.0. The van der Waals surface area contributed by atoms with Crippen molar-refractivity contribution in [1.29, 1.82) is 0 Å². The van der Waals surface area contributed by atoms with Gasteiger partial charge in [0.05, 0.1) is 4.92 Å². The fraction of sp³-hybridized carbons (Fsp3) is 0.444. The van der Waals surface area contributed by atoms with Crippen LogP contribution in [0.15, 0.2) is 16.7 Å². The largest absolute Gasteiger partial charge is 0.471 e. The molecule has 0 atom stereocenters. The number of nitrogens with zero attached hydrogens (tertiary/aromatic N) is 3. The van der Waals surface area contributed by atoms with Crippen LogP contribution in [0.4, 0.5) is 5.69 Å². The summed E-state index contributed by atoms with van der Waals surface area (Å²) >= 11 is 3.13. The van der Waals surface area contributed by atoms with Crippen LogP contribution < -0.4 is 4.74 Å². The molecule has 0 amide bonds. The first-order valence-electron chi connectivity index (χ1n) is 4.58. The van der Waals surface area contributed by atoms with Crippen molar-refractivity contribution in [2.24, 2.45) is 0 Å². The highest BCUT2D eigenvalue weighted by Crippen LogP contribution is 2.27. The fourth-order valence-corrected chi connectivity index (χ4v) is 1.30. The standard InChI is InChI=1S/C9H12BrN3O3/c1-12(2)3-4-16-9-8(13(14)15)5-7(10)6-11-9/h5-6H,3-4H2,1-2H3. The molecule has 0 aliphatic heterocycles. The van der Waals surface area contributed by atoms with Gasteiger partial charge in [0.15, 0.2) is 0 Å². The van der Waals surface area contributed by atoms with Crippen molar-refractivity contribution in [2.45, 2.75) is 0 Å². The molecular formula is C9H12BrN3O3. The zero-order valence-electron chi connectivity index (χ0n) is 9.01. The zero-order valence-corrected chi connectivity index (χ0v) is 10.6. The average Bonchev–Trinajstić information content (AvgIpc) is 2.19. The van der Waals surface area contributed by atoms with Crippen molar-refractivity contribution in [2.75, 3.05) is 27.2 Å². The van der Waals surface area contributed by atoms with Gasteiger partial charge in [-0.1, -0.05) is 0 Å². The van der Waals surface area contributed by atoms with Gasteiger partial charge in [0.2, 0.25) is 0 Å². The maximum Gasteiger partial charge on any atom is 0.332 e. The first-order chi connectivity index (χ1) is 7.50. The lowest BCUT2D eigenvalue weighted by Gasteiger charge is -2.10. The minimum atomic E-state index is -0.511. The Morgan fingerprint density at radius 2 is 2.31 bits per heavy atom. The number of aromatic nitrogens is 1. The monoisotopic (exact) mass is 289 g/mol. The number of nitro groups is 1. The molecule has 88 valence electrons. The summed E-state index contributed by atoms with van der Waals surface area (Å²) in [5.74, 6) is 0.0510. The molecule has 0 spiro atoms. The highest BCUT2D eigenvalue weighted by Gasteiger charge is 2.17. The number of halogens is 1. The normalized spacial score (nSPS) is 10.5. The second-order valence-electron chi connectivity index (χ2n) is 3.39. The van der Waals surface area contributed by atoms with Gasteiger partial charge in [0.25, 0.3) is 5.88 Å². The molecule has 0 aliphatic carbocycles. The second kappa shape index (κ2) is 5.76. The molecule has 1 aromatic heterocycles. The van der Waals surface area contributed by atoms with E-state index in [-0.39, 0.29) is 11.6 Å². The molecule has 0 aliphatic rings. The van der Waals surface area contributed by atoms with Crippen molar-refractivity contribution in [3.8, 4) is 5.88 Å². The summed E-state index contributed by atoms with van der Waals surface area (Å²) in [7, 11) is 3.79. The van der Waals surface area contributed by atoms with Gasteiger partial charge in [-0.3, -0.25) is 10.1 Å². The van der Waals surface area contributed by atoms with Crippen molar-refractivity contribution < 1.29 is 9.66 Å². The first kappa shape index (κ1) is 12.9. The van der Waals surface area contributed by atoms with Crippen LogP contribution in [0.3, 0.4) is 0 Å². The number of hydrogen-bond donors (Lipinski definition) is 0. The van der Waals surface area contributed by atoms with Gasteiger partial charge < -0.3 is 9.64 Å². The predicted molar refractivity (Wildman–Crippen MR) is 62.6 cm³/mol. The molecular weight excluding hydrogens is 278 g/mol. The molecule has 0 bridgehead atoms. The van der Waals surface area contributed by atoms with Crippen LogP contribution in [0.1, 0.15) is 0 Å². The maximum absolute atomic E-state index is 10.7. The second-order valence-corrected chi connectivity index (χ2v) is 4.30. The van der Waals surface area contributed by atoms with E-state index in [4.69, 9.17) is 4.74 Å². The summed E-state index contributed by atoms with van der Waals surface area (Å²) in [6, 6.07) is 1.37. The van der Waals surface area contributed by atoms with Gasteiger partial charge >= 0.3 is 5.69 Å². The molecule has 0 aromatic carbocycles. The van der Waals surface area contributed by atoms with Crippen LogP contribution >= 0.6 is 15.9 Å². The van der Waals surface area contributed by atoms with E-state index < -0.39 is 4.92 Å². The third-order valence-corrected chi connectivity index (χ3v) is 2.21. The topological polar surface area (TPSA) is 68.5 Å². The van der Waals surface area contributed by atoms with Crippen LogP contribution in [0.5, 0.6) is 5.88 Å². The highest BCUT2D eigenvalue weighted by atomic mass is 79.9. The van der Waals surface area contributed by atoms with Crippen LogP contribution in [0.2, 0.25) is 0 Å². The van der Waals surface area contributed by atoms with Gasteiger partial charge in [0, 0.05) is 23.3 Å². The van der Waals surface area contributed by atoms with Crippen LogP contribution in [0, 0.1) is 10.1 Å². The summed E-state index contributed by atoms with van der Waals surface area (Å²) < 4.78 is 5.80. The Morgan fingerprint density at radius 1 is 1.62 bits per heavy atom. The molecule has 0 saturated heterocycles. The van der Waals surface area contributed by atoms with Crippen LogP contribution in [-0.4, -0.2) is 42.1 Å². The Kier molecular flexibility index (Phi) is 4.63. The van der Waals surface area contributed by atoms with Crippen molar-refractivity contribution in [1.82, 2.24) is 9.88 Å². The lowest BCUT2D eigenvalue weighted by molar-refractivity contribution is -0.386. The molecule has 6 nitrogen and oxygen atoms in total. The molecule has 1 rings (SSSR count). The Labute approximate surface area is 102 Å². The third kappa shape index (κ3) is 3.74. The number of pyridine rings is 1. The van der Waals surface area contributed by atoms with E-state index >= 15 is 0 Å². The predicted octanol–water partition coefficient (Wildman–Crippen LogP) is 1.69. The van der Waals surface area contributed by atoms with E-state index in [1.54, 1.807) is 0 Å². The minimum absolute atomic E-state index is 0.0510. The zero-order chi connectivity index (χ0) is 12.1. The number of rotatable bonds is 5. The van der Waals surface area contributed by atoms with E-state index in [0.29, 0.717) is 17.6 Å². The Morgan fingerprint density at radius 3 is 2.88 bits per heavy atom. The smallest absolute Gasteiger partial charge is 0.332 e. The number of ether oxygens (including phenoxy) is 1. The molecule has 0 saturated carbocycles. The van der Waals surface area contributed by atoms with Gasteiger partial charge in [0.1, 0.15) is 6.61 Å². The summed E-state index contributed by atoms with van der Waals surface area (Å²) in [5.41, 5.74) is -0.131. The molecule has 0 N–H and O–H groups in total. The minimum Gasteiger partial charge on any atom is -0.471 e. The molecule has 1 aromatic rings. The SMILES string of the molecule is CN(C)CCOc1ncc(Br)cc1[N+](=O)[O-]. The molecule has 7 heteroatoms. The van der Waals surface area contributed by atoms with Crippen molar-refractivity contribution in [3.05, 3.63) is 26.9 Å². The molecule has 1 heterocycles. The molecule has 0 radical (unpaired) electrons. The quantitative estimate of drug-likeness (QED) is 0.609. The summed E-state index contributed by atoms with van der Waals surface area (Å²) in [6.07, 6.45) is 1.47. The lowest BCUT2D eigenvalue weighted by Crippen LogP contribution is -2.20. The average molecular weight is 290 g/mol. The van der Waals surface area contributed by atoms with E-state index in [2.05, 4.69) is 20.9 Å². The van der Waals surface area contributed by atoms with E-state index in [9.17, 15) is 10.1 Å². The number of likely N-dealkylation sites (N-methyl/N-ethyl adjacent to an activating group) is 1. The van der Waals surface area contributed by atoms with Crippen molar-refractivity contribution in [3.63, 3.8) is 0 Å². The maximum atomic E-state index is 10.7. The van der Waals surface area contributed by atoms with Gasteiger partial charge in [-0.15, -0.1) is 0 Å². The Hall–Kier alpha value is -1.21. The Balaban J connectivity index is 2.75. The first-order valence-corrected chi connectivity index (χ1v) is 5.37. The third-order valence-electron chi connectivity index (χ3n) is 1.77. The van der Waals surface area contributed by atoms with E-state index in [1.165, 1.54) is 12.3 Å². The fourth-order valence-electron chi connectivity index (χ4n) is 0.983. The highest BCUT2D eigenvalue weighted by molar-refractivity contribution is 9.10. The van der Waals surface area contributed by atoms with Gasteiger partial charge in [-0.2, -0.15) is 0 Å². The number of hydrogen-bond acceptors (Lipinski definition) is 5. The van der Waals surface area contributed by atoms with Gasteiger partial charge in [-0.05, 0) is 30.0 Å². The lowest BCUT2D eigenvalue weighted by atomic mass is 10.4. The van der Waals surface area contributed by atoms with Crippen LogP contribution in [-0.2, 0) is 0 Å². The Bertz CT molecular complexity index is 384.